The summed E-state index contributed by atoms with van der Waals surface area (Å²) < 4.78 is 2.07. The van der Waals surface area contributed by atoms with Crippen molar-refractivity contribution in [3.8, 4) is 16.8 Å². The number of halogens is 2. The summed E-state index contributed by atoms with van der Waals surface area (Å²) in [4.78, 5) is 8.65. The number of hydrogen-bond donors (Lipinski definition) is 0. The molecule has 0 spiro atoms. The van der Waals surface area contributed by atoms with Crippen molar-refractivity contribution < 1.29 is 0 Å². The van der Waals surface area contributed by atoms with E-state index in [4.69, 9.17) is 23.2 Å². The van der Waals surface area contributed by atoms with Crippen LogP contribution in [0.5, 0.6) is 0 Å². The molecule has 2 heterocycles. The van der Waals surface area contributed by atoms with Crippen LogP contribution in [0, 0.1) is 0 Å². The number of rotatable bonds is 2. The molecule has 0 saturated carbocycles. The number of para-hydroxylation sites is 1. The minimum Gasteiger partial charge on any atom is -0.294 e. The van der Waals surface area contributed by atoms with Crippen molar-refractivity contribution in [2.24, 2.45) is 0 Å². The number of hydrogen-bond acceptors (Lipinski definition) is 2. The first kappa shape index (κ1) is 16.3. The Kier molecular flexibility index (Phi) is 3.85. The van der Waals surface area contributed by atoms with E-state index in [1.165, 1.54) is 0 Å². The molecule has 2 aromatic heterocycles. The lowest BCUT2D eigenvalue weighted by Gasteiger charge is -2.07. The van der Waals surface area contributed by atoms with Crippen LogP contribution in [-0.2, 0) is 0 Å². The van der Waals surface area contributed by atoms with Crippen molar-refractivity contribution in [1.29, 1.82) is 0 Å². The van der Waals surface area contributed by atoms with E-state index in [0.717, 1.165) is 33.1 Å². The van der Waals surface area contributed by atoms with Gasteiger partial charge in [0.2, 0.25) is 5.28 Å². The second-order valence-corrected chi connectivity index (χ2v) is 6.95. The highest BCUT2D eigenvalue weighted by atomic mass is 35.5. The normalized spacial score (nSPS) is 11.3. The topological polar surface area (TPSA) is 30.7 Å². The average molecular weight is 390 g/mol. The van der Waals surface area contributed by atoms with Crippen molar-refractivity contribution in [3.63, 3.8) is 0 Å². The highest BCUT2D eigenvalue weighted by Crippen LogP contribution is 2.37. The minimum atomic E-state index is 0.135. The van der Waals surface area contributed by atoms with Crippen molar-refractivity contribution in [2.45, 2.75) is 0 Å². The summed E-state index contributed by atoms with van der Waals surface area (Å²) in [7, 11) is 0. The lowest BCUT2D eigenvalue weighted by atomic mass is 10.0. The Morgan fingerprint density at radius 2 is 1.41 bits per heavy atom. The molecule has 130 valence electrons. The van der Waals surface area contributed by atoms with Gasteiger partial charge in [-0.15, -0.1) is 0 Å². The Labute approximate surface area is 165 Å². The van der Waals surface area contributed by atoms with E-state index in [0.29, 0.717) is 10.8 Å². The maximum Gasteiger partial charge on any atom is 0.225 e. The Morgan fingerprint density at radius 1 is 0.704 bits per heavy atom. The molecule has 0 radical (unpaired) electrons. The molecule has 0 fully saturated rings. The van der Waals surface area contributed by atoms with Gasteiger partial charge in [0.05, 0.1) is 10.9 Å². The molecule has 0 bridgehead atoms. The van der Waals surface area contributed by atoms with Gasteiger partial charge >= 0.3 is 0 Å². The molecule has 0 atom stereocenters. The molecule has 5 heteroatoms. The zero-order chi connectivity index (χ0) is 18.4. The molecular weight excluding hydrogens is 377 g/mol. The first-order valence-electron chi connectivity index (χ1n) is 8.50. The first-order valence-corrected chi connectivity index (χ1v) is 9.26. The summed E-state index contributed by atoms with van der Waals surface area (Å²) in [6.07, 6.45) is 0. The van der Waals surface area contributed by atoms with Gasteiger partial charge in [0.1, 0.15) is 5.15 Å². The van der Waals surface area contributed by atoms with Crippen LogP contribution in [0.2, 0.25) is 10.4 Å². The lowest BCUT2D eigenvalue weighted by Crippen LogP contribution is -1.96. The number of nitrogens with zero attached hydrogens (tertiary/aromatic N) is 3. The van der Waals surface area contributed by atoms with Crippen LogP contribution in [0.25, 0.3) is 38.8 Å². The molecule has 0 aliphatic heterocycles. The van der Waals surface area contributed by atoms with Crippen LogP contribution in [0.1, 0.15) is 0 Å². The fraction of sp³-hybridized carbons (Fsp3) is 0. The summed E-state index contributed by atoms with van der Waals surface area (Å²) >= 11 is 12.6. The second-order valence-electron chi connectivity index (χ2n) is 6.25. The van der Waals surface area contributed by atoms with E-state index in [2.05, 4.69) is 44.9 Å². The van der Waals surface area contributed by atoms with E-state index in [1.54, 1.807) is 0 Å². The summed E-state index contributed by atoms with van der Waals surface area (Å²) in [6.45, 7) is 0. The van der Waals surface area contributed by atoms with Gasteiger partial charge in [-0.1, -0.05) is 66.2 Å². The van der Waals surface area contributed by atoms with Crippen molar-refractivity contribution in [1.82, 2.24) is 14.5 Å². The van der Waals surface area contributed by atoms with Gasteiger partial charge in [0.25, 0.3) is 0 Å². The van der Waals surface area contributed by atoms with Gasteiger partial charge in [-0.2, -0.15) is 4.98 Å². The minimum absolute atomic E-state index is 0.135. The van der Waals surface area contributed by atoms with Crippen LogP contribution >= 0.6 is 23.2 Å². The number of aromatic nitrogens is 3. The fourth-order valence-electron chi connectivity index (χ4n) is 3.48. The molecule has 27 heavy (non-hydrogen) atoms. The third-order valence-corrected chi connectivity index (χ3v) is 5.10. The predicted molar refractivity (Wildman–Crippen MR) is 112 cm³/mol. The van der Waals surface area contributed by atoms with Gasteiger partial charge < -0.3 is 0 Å². The van der Waals surface area contributed by atoms with E-state index in [-0.39, 0.29) is 5.28 Å². The molecule has 3 aromatic carbocycles. The highest BCUT2D eigenvalue weighted by Gasteiger charge is 2.18. The summed E-state index contributed by atoms with van der Waals surface area (Å²) in [6, 6.07) is 26.6. The smallest absolute Gasteiger partial charge is 0.225 e. The highest BCUT2D eigenvalue weighted by molar-refractivity contribution is 6.38. The zero-order valence-corrected chi connectivity index (χ0v) is 15.6. The monoisotopic (exact) mass is 389 g/mol. The van der Waals surface area contributed by atoms with Crippen molar-refractivity contribution in [3.05, 3.63) is 89.3 Å². The van der Waals surface area contributed by atoms with Gasteiger partial charge in [0, 0.05) is 11.1 Å². The molecule has 5 aromatic rings. The van der Waals surface area contributed by atoms with Gasteiger partial charge in [0.15, 0.2) is 5.65 Å². The summed E-state index contributed by atoms with van der Waals surface area (Å²) in [5.74, 6) is 0. The zero-order valence-electron chi connectivity index (χ0n) is 14.1. The summed E-state index contributed by atoms with van der Waals surface area (Å²) in [5.41, 5.74) is 4.96. The second kappa shape index (κ2) is 6.38. The maximum absolute atomic E-state index is 6.49. The Morgan fingerprint density at radius 3 is 2.15 bits per heavy atom. The Bertz CT molecular complexity index is 1280. The standard InChI is InChI=1S/C22H13Cl2N3/c23-20-19-17-13-15(14-7-3-1-4-8-14)11-12-18(17)27(16-9-5-2-6-10-16)21(19)26-22(24)25-20/h1-13H. The predicted octanol–water partition coefficient (Wildman–Crippen LogP) is 6.55. The van der Waals surface area contributed by atoms with Crippen LogP contribution in [0.3, 0.4) is 0 Å². The maximum atomic E-state index is 6.49. The molecular formula is C22H13Cl2N3. The summed E-state index contributed by atoms with van der Waals surface area (Å²) in [5, 5.41) is 2.29. The Balaban J connectivity index is 1.91. The van der Waals surface area contributed by atoms with Crippen molar-refractivity contribution >= 4 is 45.1 Å². The van der Waals surface area contributed by atoms with Crippen molar-refractivity contribution in [2.75, 3.05) is 0 Å². The number of benzene rings is 3. The largest absolute Gasteiger partial charge is 0.294 e. The van der Waals surface area contributed by atoms with Crippen LogP contribution < -0.4 is 0 Å². The van der Waals surface area contributed by atoms with E-state index < -0.39 is 0 Å². The molecule has 3 nitrogen and oxygen atoms in total. The van der Waals surface area contributed by atoms with E-state index in [1.807, 2.05) is 48.5 Å². The lowest BCUT2D eigenvalue weighted by molar-refractivity contribution is 1.11. The third-order valence-electron chi connectivity index (χ3n) is 4.66. The molecule has 0 unspecified atom stereocenters. The van der Waals surface area contributed by atoms with Gasteiger partial charge in [-0.05, 0) is 47.0 Å². The molecule has 0 amide bonds. The third kappa shape index (κ3) is 2.67. The first-order chi connectivity index (χ1) is 13.2. The van der Waals surface area contributed by atoms with Crippen LogP contribution in [-0.4, -0.2) is 14.5 Å². The van der Waals surface area contributed by atoms with Gasteiger partial charge in [-0.25, -0.2) is 4.98 Å². The van der Waals surface area contributed by atoms with E-state index in [9.17, 15) is 0 Å². The molecule has 0 aliphatic rings. The fourth-order valence-corrected chi connectivity index (χ4v) is 3.96. The Hall–Kier alpha value is -2.88. The average Bonchev–Trinajstić information content (AvgIpc) is 3.02. The molecule has 0 saturated heterocycles. The number of fused-ring (bicyclic) bond motifs is 3. The SMILES string of the molecule is Clc1nc(Cl)c2c3cc(-c4ccccc4)ccc3n(-c3ccccc3)c2n1. The van der Waals surface area contributed by atoms with Gasteiger partial charge in [-0.3, -0.25) is 4.57 Å². The van der Waals surface area contributed by atoms with Crippen LogP contribution in [0.4, 0.5) is 0 Å². The van der Waals surface area contributed by atoms with Crippen LogP contribution in [0.15, 0.2) is 78.9 Å². The van der Waals surface area contributed by atoms with E-state index >= 15 is 0 Å². The molecule has 0 aliphatic carbocycles. The quantitative estimate of drug-likeness (QED) is 0.253. The molecule has 0 N–H and O–H groups in total. The molecule has 5 rings (SSSR count).